The molecule has 2 aromatic rings. The molecule has 0 radical (unpaired) electrons. The number of ether oxygens (including phenoxy) is 1. The molecule has 9 heteroatoms. The van der Waals surface area contributed by atoms with Gasteiger partial charge in [0.25, 0.3) is 10.1 Å². The molecule has 8 nitrogen and oxygen atoms in total. The molecule has 3 rings (SSSR count). The number of fused-ring (bicyclic) bond motifs is 2. The number of hydrogen-bond acceptors (Lipinski definition) is 8. The van der Waals surface area contributed by atoms with Crippen molar-refractivity contribution in [1.29, 1.82) is 0 Å². The highest BCUT2D eigenvalue weighted by molar-refractivity contribution is 7.85. The smallest absolute Gasteiger partial charge is 0.264 e. The number of benzene rings is 2. The molecule has 2 aromatic carbocycles. The third kappa shape index (κ3) is 3.26. The molecule has 0 aliphatic heterocycles. The Bertz CT molecular complexity index is 1030. The van der Waals surface area contributed by atoms with Gasteiger partial charge in [0, 0.05) is 16.8 Å². The maximum absolute atomic E-state index is 12.7. The van der Waals surface area contributed by atoms with E-state index in [-0.39, 0.29) is 52.7 Å². The van der Waals surface area contributed by atoms with Crippen LogP contribution in [0.4, 0.5) is 5.69 Å². The predicted octanol–water partition coefficient (Wildman–Crippen LogP) is 1.10. The number of ketones is 2. The molecule has 1 aliphatic carbocycles. The van der Waals surface area contributed by atoms with Gasteiger partial charge in [0.2, 0.25) is 0 Å². The number of carbonyl (C=O) groups is 2. The van der Waals surface area contributed by atoms with E-state index >= 15 is 0 Å². The zero-order valence-electron chi connectivity index (χ0n) is 13.7. The molecule has 0 fully saturated rings. The molecular weight excluding hydrogens is 362 g/mol. The number of nitrogen functional groups attached to an aromatic ring is 1. The average molecular weight is 377 g/mol. The van der Waals surface area contributed by atoms with E-state index in [1.165, 1.54) is 30.3 Å². The molecule has 1 aliphatic rings. The SMILES string of the molecule is CS(=O)(=O)OCCOc1ccc2c(c1)C(=O)c1c(N)ccc(O)c1C2=O. The Hall–Kier alpha value is -2.91. The van der Waals surface area contributed by atoms with Crippen LogP contribution in [0.25, 0.3) is 0 Å². The summed E-state index contributed by atoms with van der Waals surface area (Å²) in [4.78, 5) is 25.4. The van der Waals surface area contributed by atoms with Gasteiger partial charge in [-0.15, -0.1) is 0 Å². The largest absolute Gasteiger partial charge is 0.507 e. The van der Waals surface area contributed by atoms with Crippen LogP contribution in [0.15, 0.2) is 30.3 Å². The number of phenols is 1. The van der Waals surface area contributed by atoms with Crippen molar-refractivity contribution in [2.75, 3.05) is 25.2 Å². The monoisotopic (exact) mass is 377 g/mol. The first kappa shape index (κ1) is 17.9. The second kappa shape index (κ2) is 6.43. The van der Waals surface area contributed by atoms with Gasteiger partial charge in [-0.25, -0.2) is 0 Å². The van der Waals surface area contributed by atoms with Gasteiger partial charge in [0.05, 0.1) is 17.4 Å². The van der Waals surface area contributed by atoms with E-state index in [0.29, 0.717) is 0 Å². The van der Waals surface area contributed by atoms with Gasteiger partial charge >= 0.3 is 0 Å². The lowest BCUT2D eigenvalue weighted by molar-refractivity contribution is 0.0977. The van der Waals surface area contributed by atoms with E-state index in [4.69, 9.17) is 10.5 Å². The van der Waals surface area contributed by atoms with Crippen molar-refractivity contribution in [2.45, 2.75) is 0 Å². The number of aromatic hydroxyl groups is 1. The van der Waals surface area contributed by atoms with Crippen LogP contribution in [0.1, 0.15) is 31.8 Å². The fourth-order valence-electron chi connectivity index (χ4n) is 2.70. The van der Waals surface area contributed by atoms with Gasteiger partial charge in [0.15, 0.2) is 11.6 Å². The molecule has 0 spiro atoms. The van der Waals surface area contributed by atoms with Gasteiger partial charge in [-0.3, -0.25) is 13.8 Å². The van der Waals surface area contributed by atoms with Crippen molar-refractivity contribution in [3.05, 3.63) is 52.6 Å². The van der Waals surface area contributed by atoms with E-state index in [1.807, 2.05) is 0 Å². The van der Waals surface area contributed by atoms with E-state index in [9.17, 15) is 23.1 Å². The highest BCUT2D eigenvalue weighted by atomic mass is 32.2. The van der Waals surface area contributed by atoms with Crippen molar-refractivity contribution in [3.63, 3.8) is 0 Å². The molecule has 3 N–H and O–H groups in total. The number of nitrogens with two attached hydrogens (primary N) is 1. The van der Waals surface area contributed by atoms with Crippen LogP contribution in [-0.2, 0) is 14.3 Å². The molecular formula is C17H15NO7S. The summed E-state index contributed by atoms with van der Waals surface area (Å²) in [6.07, 6.45) is 0.924. The Morgan fingerprint density at radius 1 is 1.00 bits per heavy atom. The van der Waals surface area contributed by atoms with Gasteiger partial charge in [0.1, 0.15) is 24.7 Å². The van der Waals surface area contributed by atoms with E-state index < -0.39 is 21.7 Å². The first-order chi connectivity index (χ1) is 12.2. The Morgan fingerprint density at radius 3 is 2.38 bits per heavy atom. The van der Waals surface area contributed by atoms with Crippen LogP contribution in [0.2, 0.25) is 0 Å². The third-order valence-corrected chi connectivity index (χ3v) is 4.39. The molecule has 0 atom stereocenters. The fraction of sp³-hybridized carbons (Fsp3) is 0.176. The molecule has 0 saturated carbocycles. The van der Waals surface area contributed by atoms with Crippen LogP contribution in [0, 0.1) is 0 Å². The zero-order chi connectivity index (χ0) is 19.1. The number of anilines is 1. The molecule has 136 valence electrons. The first-order valence-electron chi connectivity index (χ1n) is 7.51. The summed E-state index contributed by atoms with van der Waals surface area (Å²) >= 11 is 0. The minimum atomic E-state index is -3.57. The summed E-state index contributed by atoms with van der Waals surface area (Å²) in [5, 5.41) is 9.94. The van der Waals surface area contributed by atoms with Crippen LogP contribution >= 0.6 is 0 Å². The number of phenolic OH excluding ortho intramolecular Hbond substituents is 1. The molecule has 0 unspecified atom stereocenters. The van der Waals surface area contributed by atoms with Crippen LogP contribution in [-0.4, -0.2) is 44.6 Å². The van der Waals surface area contributed by atoms with Gasteiger partial charge in [-0.1, -0.05) is 0 Å². The summed E-state index contributed by atoms with van der Waals surface area (Å²) in [7, 11) is -3.57. The average Bonchev–Trinajstić information content (AvgIpc) is 2.57. The summed E-state index contributed by atoms with van der Waals surface area (Å²) in [5.41, 5.74) is 5.97. The lowest BCUT2D eigenvalue weighted by Gasteiger charge is -2.20. The van der Waals surface area contributed by atoms with Crippen molar-refractivity contribution in [2.24, 2.45) is 0 Å². The first-order valence-corrected chi connectivity index (χ1v) is 9.33. The standard InChI is InChI=1S/C17H15NO7S/c1-26(22,23)25-7-6-24-9-2-3-10-11(8-9)17(21)14-12(18)4-5-13(19)15(14)16(10)20/h2-5,8,19H,6-7,18H2,1H3. The minimum Gasteiger partial charge on any atom is -0.507 e. The van der Waals surface area contributed by atoms with Gasteiger partial charge in [-0.05, 0) is 30.3 Å². The summed E-state index contributed by atoms with van der Waals surface area (Å²) in [6, 6.07) is 6.88. The highest BCUT2D eigenvalue weighted by Gasteiger charge is 2.33. The fourth-order valence-corrected chi connectivity index (χ4v) is 3.07. The lowest BCUT2D eigenvalue weighted by Crippen LogP contribution is -2.22. The van der Waals surface area contributed by atoms with Crippen LogP contribution in [0.5, 0.6) is 11.5 Å². The third-order valence-electron chi connectivity index (χ3n) is 3.80. The normalized spacial score (nSPS) is 13.3. The van der Waals surface area contributed by atoms with Crippen molar-refractivity contribution in [1.82, 2.24) is 0 Å². The molecule has 0 aromatic heterocycles. The van der Waals surface area contributed by atoms with Crippen molar-refractivity contribution in [3.8, 4) is 11.5 Å². The van der Waals surface area contributed by atoms with Crippen LogP contribution < -0.4 is 10.5 Å². The highest BCUT2D eigenvalue weighted by Crippen LogP contribution is 2.36. The maximum atomic E-state index is 12.7. The predicted molar refractivity (Wildman–Crippen MR) is 92.1 cm³/mol. The van der Waals surface area contributed by atoms with E-state index in [2.05, 4.69) is 4.18 Å². The van der Waals surface area contributed by atoms with Crippen LogP contribution in [0.3, 0.4) is 0 Å². The second-order valence-corrected chi connectivity index (χ2v) is 7.31. The summed E-state index contributed by atoms with van der Waals surface area (Å²) in [6.45, 7) is -0.250. The summed E-state index contributed by atoms with van der Waals surface area (Å²) in [5.74, 6) is -1.05. The van der Waals surface area contributed by atoms with Gasteiger partial charge in [-0.2, -0.15) is 8.42 Å². The number of carbonyl (C=O) groups excluding carboxylic acids is 2. The Morgan fingerprint density at radius 2 is 1.69 bits per heavy atom. The van der Waals surface area contributed by atoms with Gasteiger partial charge < -0.3 is 15.6 Å². The zero-order valence-corrected chi connectivity index (χ0v) is 14.5. The molecule has 26 heavy (non-hydrogen) atoms. The topological polar surface area (TPSA) is 133 Å². The molecule has 0 amide bonds. The second-order valence-electron chi connectivity index (χ2n) is 5.66. The summed E-state index contributed by atoms with van der Waals surface area (Å²) < 4.78 is 31.7. The van der Waals surface area contributed by atoms with E-state index in [0.717, 1.165) is 6.26 Å². The quantitative estimate of drug-likeness (QED) is 0.292. The minimum absolute atomic E-state index is 0.0416. The Balaban J connectivity index is 1.89. The van der Waals surface area contributed by atoms with Crippen molar-refractivity contribution >= 4 is 27.4 Å². The van der Waals surface area contributed by atoms with Crippen molar-refractivity contribution < 1.29 is 32.0 Å². The number of rotatable bonds is 5. The Kier molecular flexibility index (Phi) is 4.43. The lowest BCUT2D eigenvalue weighted by atomic mass is 9.82. The maximum Gasteiger partial charge on any atom is 0.264 e. The Labute approximate surface area is 149 Å². The number of hydrogen-bond donors (Lipinski definition) is 2. The van der Waals surface area contributed by atoms with E-state index in [1.54, 1.807) is 0 Å². The molecule has 0 saturated heterocycles. The molecule has 0 heterocycles. The molecule has 0 bridgehead atoms.